The summed E-state index contributed by atoms with van der Waals surface area (Å²) in [5.41, 5.74) is 2.32. The maximum absolute atomic E-state index is 5.83. The number of benzene rings is 1. The molecule has 1 aromatic carbocycles. The summed E-state index contributed by atoms with van der Waals surface area (Å²) in [6.07, 6.45) is 9.11. The fourth-order valence-electron chi connectivity index (χ4n) is 3.98. The molecule has 2 aromatic heterocycles. The topological polar surface area (TPSA) is 83.8 Å². The molecule has 1 aliphatic heterocycles. The number of halogens is 1. The molecule has 174 valence electrons. The van der Waals surface area contributed by atoms with Crippen LogP contribution in [0.3, 0.4) is 0 Å². The van der Waals surface area contributed by atoms with Crippen molar-refractivity contribution in [3.63, 3.8) is 0 Å². The Kier molecular flexibility index (Phi) is 9.73. The van der Waals surface area contributed by atoms with E-state index in [4.69, 9.17) is 18.9 Å². The Balaban J connectivity index is 0.00000289. The van der Waals surface area contributed by atoms with E-state index in [1.807, 2.05) is 24.3 Å². The molecule has 1 saturated heterocycles. The molecule has 0 saturated carbocycles. The molecule has 0 bridgehead atoms. The Morgan fingerprint density at radius 1 is 1.16 bits per heavy atom. The van der Waals surface area contributed by atoms with Crippen LogP contribution in [0.2, 0.25) is 0 Å². The lowest BCUT2D eigenvalue weighted by molar-refractivity contribution is 0.0224. The minimum absolute atomic E-state index is 0. The van der Waals surface area contributed by atoms with Gasteiger partial charge in [0.1, 0.15) is 11.5 Å². The number of hydrogen-bond acceptors (Lipinski definition) is 4. The van der Waals surface area contributed by atoms with Crippen LogP contribution >= 0.6 is 24.0 Å². The molecule has 1 atom stereocenters. The first kappa shape index (κ1) is 24.4. The van der Waals surface area contributed by atoms with Gasteiger partial charge in [-0.2, -0.15) is 0 Å². The Morgan fingerprint density at radius 3 is 2.78 bits per heavy atom. The van der Waals surface area contributed by atoms with Gasteiger partial charge >= 0.3 is 0 Å². The fraction of sp³-hybridized carbons (Fsp3) is 0.458. The third kappa shape index (κ3) is 6.65. The molecule has 0 radical (unpaired) electrons. The molecule has 1 aliphatic rings. The van der Waals surface area contributed by atoms with Gasteiger partial charge in [-0.25, -0.2) is 0 Å². The smallest absolute Gasteiger partial charge is 0.191 e. The van der Waals surface area contributed by atoms with E-state index in [-0.39, 0.29) is 30.1 Å². The van der Waals surface area contributed by atoms with Gasteiger partial charge in [0.25, 0.3) is 0 Å². The summed E-state index contributed by atoms with van der Waals surface area (Å²) < 4.78 is 16.8. The van der Waals surface area contributed by atoms with Crippen LogP contribution < -0.4 is 15.4 Å². The number of furan rings is 1. The highest BCUT2D eigenvalue weighted by Gasteiger charge is 2.14. The van der Waals surface area contributed by atoms with Gasteiger partial charge in [0.05, 0.1) is 26.0 Å². The van der Waals surface area contributed by atoms with Crippen molar-refractivity contribution in [2.24, 2.45) is 4.99 Å². The lowest BCUT2D eigenvalue weighted by atomic mass is 10.1. The predicted octanol–water partition coefficient (Wildman–Crippen LogP) is 4.28. The standard InChI is InChI=1S/C24H32N4O3.HI/c1-29-22-9-4-8-21-23(22)18(16-27-21)10-12-25-24(26-13-11-19-7-5-15-30-19)28-17-20-6-2-3-14-31-20;/h4-5,7-9,15-16,20,27H,2-3,6,10-14,17H2,1H3,(H2,25,26,28);1H. The number of aromatic nitrogens is 1. The minimum atomic E-state index is 0. The molecule has 3 aromatic rings. The van der Waals surface area contributed by atoms with Gasteiger partial charge in [0, 0.05) is 43.2 Å². The summed E-state index contributed by atoms with van der Waals surface area (Å²) >= 11 is 0. The number of H-pyrrole nitrogens is 1. The van der Waals surface area contributed by atoms with Gasteiger partial charge in [-0.15, -0.1) is 24.0 Å². The number of aromatic amines is 1. The maximum atomic E-state index is 5.83. The minimum Gasteiger partial charge on any atom is -0.496 e. The summed E-state index contributed by atoms with van der Waals surface area (Å²) in [6, 6.07) is 9.98. The quantitative estimate of drug-likeness (QED) is 0.210. The van der Waals surface area contributed by atoms with E-state index in [9.17, 15) is 0 Å². The van der Waals surface area contributed by atoms with Crippen LogP contribution in [0, 0.1) is 0 Å². The number of rotatable bonds is 9. The van der Waals surface area contributed by atoms with E-state index >= 15 is 0 Å². The molecule has 4 rings (SSSR count). The number of hydrogen-bond donors (Lipinski definition) is 3. The van der Waals surface area contributed by atoms with Crippen molar-refractivity contribution in [2.45, 2.75) is 38.2 Å². The van der Waals surface area contributed by atoms with Crippen LogP contribution in [0.1, 0.15) is 30.6 Å². The molecule has 0 spiro atoms. The number of nitrogens with zero attached hydrogens (tertiary/aromatic N) is 1. The summed E-state index contributed by atoms with van der Waals surface area (Å²) in [5, 5.41) is 8.05. The van der Waals surface area contributed by atoms with Gasteiger partial charge in [0.2, 0.25) is 0 Å². The first-order chi connectivity index (χ1) is 15.3. The highest BCUT2D eigenvalue weighted by molar-refractivity contribution is 14.0. The largest absolute Gasteiger partial charge is 0.496 e. The van der Waals surface area contributed by atoms with Crippen molar-refractivity contribution >= 4 is 40.8 Å². The number of guanidine groups is 1. The summed E-state index contributed by atoms with van der Waals surface area (Å²) in [5.74, 6) is 2.68. The molecule has 0 amide bonds. The summed E-state index contributed by atoms with van der Waals surface area (Å²) in [4.78, 5) is 8.13. The first-order valence-electron chi connectivity index (χ1n) is 11.1. The normalized spacial score (nSPS) is 16.5. The lowest BCUT2D eigenvalue weighted by Crippen LogP contribution is -2.40. The molecular formula is C24H33IN4O3. The van der Waals surface area contributed by atoms with Crippen LogP contribution in [-0.4, -0.2) is 50.4 Å². The molecule has 3 N–H and O–H groups in total. The molecule has 32 heavy (non-hydrogen) atoms. The Morgan fingerprint density at radius 2 is 2.03 bits per heavy atom. The van der Waals surface area contributed by atoms with Crippen LogP contribution in [0.15, 0.2) is 52.2 Å². The van der Waals surface area contributed by atoms with E-state index in [0.29, 0.717) is 6.54 Å². The van der Waals surface area contributed by atoms with Gasteiger partial charge < -0.3 is 29.5 Å². The molecule has 3 heterocycles. The maximum Gasteiger partial charge on any atom is 0.191 e. The second-order valence-electron chi connectivity index (χ2n) is 7.81. The Bertz CT molecular complexity index is 965. The highest BCUT2D eigenvalue weighted by Crippen LogP contribution is 2.28. The average Bonchev–Trinajstić information content (AvgIpc) is 3.48. The van der Waals surface area contributed by atoms with Gasteiger partial charge in [0.15, 0.2) is 5.96 Å². The third-order valence-electron chi connectivity index (χ3n) is 5.63. The van der Waals surface area contributed by atoms with E-state index in [0.717, 1.165) is 73.8 Å². The van der Waals surface area contributed by atoms with Gasteiger partial charge in [-0.1, -0.05) is 6.07 Å². The molecule has 8 heteroatoms. The summed E-state index contributed by atoms with van der Waals surface area (Å²) in [7, 11) is 1.71. The number of nitrogens with one attached hydrogen (secondary N) is 3. The van der Waals surface area contributed by atoms with E-state index < -0.39 is 0 Å². The second-order valence-corrected chi connectivity index (χ2v) is 7.81. The molecule has 1 fully saturated rings. The zero-order valence-corrected chi connectivity index (χ0v) is 20.9. The molecular weight excluding hydrogens is 519 g/mol. The first-order valence-corrected chi connectivity index (χ1v) is 11.1. The Labute approximate surface area is 206 Å². The van der Waals surface area contributed by atoms with E-state index in [1.54, 1.807) is 13.4 Å². The van der Waals surface area contributed by atoms with Gasteiger partial charge in [-0.3, -0.25) is 4.99 Å². The van der Waals surface area contributed by atoms with Crippen molar-refractivity contribution in [3.8, 4) is 5.75 Å². The monoisotopic (exact) mass is 552 g/mol. The molecule has 7 nitrogen and oxygen atoms in total. The third-order valence-corrected chi connectivity index (χ3v) is 5.63. The zero-order valence-electron chi connectivity index (χ0n) is 18.6. The highest BCUT2D eigenvalue weighted by atomic mass is 127. The number of aliphatic imine (C=N–C) groups is 1. The van der Waals surface area contributed by atoms with Crippen molar-refractivity contribution < 1.29 is 13.9 Å². The lowest BCUT2D eigenvalue weighted by Gasteiger charge is -2.21. The molecule has 0 aliphatic carbocycles. The van der Waals surface area contributed by atoms with Crippen LogP contribution in [0.4, 0.5) is 0 Å². The average molecular weight is 552 g/mol. The van der Waals surface area contributed by atoms with Crippen molar-refractivity contribution in [2.75, 3.05) is 33.4 Å². The molecule has 1 unspecified atom stereocenters. The fourth-order valence-corrected chi connectivity index (χ4v) is 3.98. The van der Waals surface area contributed by atoms with Gasteiger partial charge in [-0.05, 0) is 55.5 Å². The zero-order chi connectivity index (χ0) is 21.3. The number of methoxy groups -OCH3 is 1. The number of ether oxygens (including phenoxy) is 2. The van der Waals surface area contributed by atoms with E-state index in [1.165, 1.54) is 12.0 Å². The van der Waals surface area contributed by atoms with Crippen LogP contribution in [0.5, 0.6) is 5.75 Å². The Hall–Kier alpha value is -2.20. The summed E-state index contributed by atoms with van der Waals surface area (Å²) in [6.45, 7) is 3.04. The second kappa shape index (κ2) is 12.7. The van der Waals surface area contributed by atoms with Crippen LogP contribution in [-0.2, 0) is 17.6 Å². The number of fused-ring (bicyclic) bond motifs is 1. The predicted molar refractivity (Wildman–Crippen MR) is 138 cm³/mol. The van der Waals surface area contributed by atoms with Crippen molar-refractivity contribution in [1.29, 1.82) is 0 Å². The van der Waals surface area contributed by atoms with Crippen molar-refractivity contribution in [3.05, 3.63) is 54.1 Å². The van der Waals surface area contributed by atoms with Crippen molar-refractivity contribution in [1.82, 2.24) is 15.6 Å². The van der Waals surface area contributed by atoms with E-state index in [2.05, 4.69) is 27.9 Å². The van der Waals surface area contributed by atoms with Crippen LogP contribution in [0.25, 0.3) is 10.9 Å². The SMILES string of the molecule is COc1cccc2[nH]cc(CCNC(=NCC3CCCCO3)NCCc3ccco3)c12.I.